The molecule has 12 heteroatoms. The van der Waals surface area contributed by atoms with Crippen LogP contribution in [0.25, 0.3) is 11.3 Å². The summed E-state index contributed by atoms with van der Waals surface area (Å²) in [5.41, 5.74) is 2.82. The minimum absolute atomic E-state index is 0.194. The predicted molar refractivity (Wildman–Crippen MR) is 172 cm³/mol. The van der Waals surface area contributed by atoms with Crippen LogP contribution >= 0.6 is 11.3 Å². The number of hydrogen-bond donors (Lipinski definition) is 3. The average molecular weight is 637 g/mol. The third-order valence-corrected chi connectivity index (χ3v) is 8.02. The molecule has 3 N–H and O–H groups in total. The van der Waals surface area contributed by atoms with E-state index in [2.05, 4.69) is 5.32 Å². The Morgan fingerprint density at radius 1 is 0.932 bits per heavy atom. The Morgan fingerprint density at radius 2 is 1.52 bits per heavy atom. The predicted octanol–water partition coefficient (Wildman–Crippen LogP) is 5.90. The van der Waals surface area contributed by atoms with Crippen molar-refractivity contribution in [1.82, 2.24) is 15.2 Å². The highest BCUT2D eigenvalue weighted by Crippen LogP contribution is 2.28. The van der Waals surface area contributed by atoms with Crippen molar-refractivity contribution >= 4 is 39.3 Å². The van der Waals surface area contributed by atoms with Crippen LogP contribution in [-0.2, 0) is 32.7 Å². The Kier molecular flexibility index (Phi) is 10.4. The number of thiazole rings is 1. The normalized spacial score (nSPS) is 13.0. The molecular weight excluding hydrogens is 601 g/mol. The molecule has 4 rings (SSSR count). The molecule has 0 bridgehead atoms. The summed E-state index contributed by atoms with van der Waals surface area (Å²) in [6.45, 7) is 5.31. The van der Waals surface area contributed by atoms with Crippen molar-refractivity contribution in [2.24, 2.45) is 0 Å². The molecule has 0 aliphatic carbocycles. The molecule has 1 aromatic heterocycles. The van der Waals surface area contributed by atoms with Gasteiger partial charge in [-0.3, -0.25) is 19.0 Å². The van der Waals surface area contributed by atoms with E-state index in [-0.39, 0.29) is 18.0 Å². The van der Waals surface area contributed by atoms with Crippen LogP contribution in [0, 0.1) is 0 Å². The second-order valence-electron chi connectivity index (χ2n) is 11.3. The number of anilines is 1. The Morgan fingerprint density at radius 3 is 2.11 bits per heavy atom. The second-order valence-corrected chi connectivity index (χ2v) is 13.3. The van der Waals surface area contributed by atoms with E-state index in [1.807, 2.05) is 70.8 Å². The summed E-state index contributed by atoms with van der Waals surface area (Å²) in [6, 6.07) is 24.1. The van der Waals surface area contributed by atoms with Gasteiger partial charge in [0.2, 0.25) is 5.91 Å². The van der Waals surface area contributed by atoms with Gasteiger partial charge in [0.25, 0.3) is 0 Å². The van der Waals surface area contributed by atoms with Gasteiger partial charge in [0.15, 0.2) is 0 Å². The topological polar surface area (TPSA) is 138 Å². The number of amides is 2. The van der Waals surface area contributed by atoms with Crippen LogP contribution in [-0.4, -0.2) is 53.5 Å². The number of benzene rings is 3. The monoisotopic (exact) mass is 636 g/mol. The van der Waals surface area contributed by atoms with E-state index in [1.165, 1.54) is 28.4 Å². The zero-order valence-electron chi connectivity index (χ0n) is 24.9. The molecule has 0 saturated heterocycles. The fraction of sp³-hybridized carbons (Fsp3) is 0.281. The van der Waals surface area contributed by atoms with Gasteiger partial charge in [0.05, 0.1) is 17.4 Å². The van der Waals surface area contributed by atoms with Gasteiger partial charge in [-0.2, -0.15) is 8.42 Å². The molecule has 0 radical (unpaired) electrons. The van der Waals surface area contributed by atoms with E-state index in [0.29, 0.717) is 11.4 Å². The molecule has 1 heterocycles. The molecule has 0 unspecified atom stereocenters. The van der Waals surface area contributed by atoms with Gasteiger partial charge >= 0.3 is 16.4 Å². The summed E-state index contributed by atoms with van der Waals surface area (Å²) >= 11 is 1.41. The molecule has 0 aliphatic heterocycles. The van der Waals surface area contributed by atoms with Crippen molar-refractivity contribution in [3.63, 3.8) is 0 Å². The molecule has 2 amide bonds. The Hall–Kier alpha value is -4.26. The molecule has 4 aromatic rings. The lowest BCUT2D eigenvalue weighted by atomic mass is 10.0. The standard InChI is InChI=1S/C32H36N4O6S2/c1-32(2,3)42-31(38)36(4)28(20-22-11-7-5-8-12-22)29(37)33-26(19-23-15-17-25(18-16-23)35-44(39,40)41)30-34-27(21-43-30)24-13-9-6-10-14-24/h5-18,21,26,28,35H,19-20H2,1-4H3,(H,33,37)(H,39,40,41)/t26-,28-/m0/s1. The van der Waals surface area contributed by atoms with Crippen LogP contribution in [0.2, 0.25) is 0 Å². The molecule has 0 aliphatic rings. The van der Waals surface area contributed by atoms with E-state index in [1.54, 1.807) is 40.0 Å². The van der Waals surface area contributed by atoms with Gasteiger partial charge in [0.1, 0.15) is 16.7 Å². The van der Waals surface area contributed by atoms with Crippen molar-refractivity contribution < 1.29 is 27.3 Å². The fourth-order valence-electron chi connectivity index (χ4n) is 4.45. The van der Waals surface area contributed by atoms with Crippen molar-refractivity contribution in [3.05, 3.63) is 106 Å². The maximum atomic E-state index is 14.0. The van der Waals surface area contributed by atoms with Crippen LogP contribution in [0.15, 0.2) is 90.3 Å². The van der Waals surface area contributed by atoms with E-state index >= 15 is 0 Å². The number of nitrogens with one attached hydrogen (secondary N) is 2. The lowest BCUT2D eigenvalue weighted by Gasteiger charge is -2.31. The number of nitrogens with zero attached hydrogens (tertiary/aromatic N) is 2. The largest absolute Gasteiger partial charge is 0.444 e. The van der Waals surface area contributed by atoms with Crippen LogP contribution in [0.5, 0.6) is 0 Å². The SMILES string of the molecule is CN(C(=O)OC(C)(C)C)[C@@H](Cc1ccccc1)C(=O)N[C@@H](Cc1ccc(NS(=O)(=O)O)cc1)c1nc(-c2ccccc2)cs1. The van der Waals surface area contributed by atoms with Crippen LogP contribution in [0.1, 0.15) is 42.9 Å². The maximum absolute atomic E-state index is 14.0. The fourth-order valence-corrected chi connectivity index (χ4v) is 5.77. The summed E-state index contributed by atoms with van der Waals surface area (Å²) in [5, 5.41) is 5.72. The number of ether oxygens (including phenoxy) is 1. The molecule has 2 atom stereocenters. The zero-order chi connectivity index (χ0) is 31.9. The summed E-state index contributed by atoms with van der Waals surface area (Å²) < 4.78 is 39.1. The lowest BCUT2D eigenvalue weighted by molar-refractivity contribution is -0.126. The smallest absolute Gasteiger partial charge is 0.410 e. The summed E-state index contributed by atoms with van der Waals surface area (Å²) in [5.74, 6) is -0.381. The van der Waals surface area contributed by atoms with Crippen molar-refractivity contribution in [3.8, 4) is 11.3 Å². The Balaban J connectivity index is 1.64. The quantitative estimate of drug-likeness (QED) is 0.174. The Labute approximate surface area is 262 Å². The summed E-state index contributed by atoms with van der Waals surface area (Å²) in [6.07, 6.45) is -0.0285. The first-order valence-corrected chi connectivity index (χ1v) is 16.2. The van der Waals surface area contributed by atoms with Gasteiger partial charge in [-0.15, -0.1) is 11.3 Å². The molecule has 3 aromatic carbocycles. The first-order valence-electron chi connectivity index (χ1n) is 13.9. The number of carbonyl (C=O) groups is 2. The first kappa shape index (κ1) is 32.6. The third-order valence-electron chi connectivity index (χ3n) is 6.57. The molecule has 0 saturated carbocycles. The number of carbonyl (C=O) groups excluding carboxylic acids is 2. The zero-order valence-corrected chi connectivity index (χ0v) is 26.6. The molecule has 10 nitrogen and oxygen atoms in total. The Bertz CT molecular complexity index is 1650. The van der Waals surface area contributed by atoms with Gasteiger partial charge in [-0.25, -0.2) is 9.78 Å². The van der Waals surface area contributed by atoms with Gasteiger partial charge in [-0.05, 0) is 50.5 Å². The first-order chi connectivity index (χ1) is 20.8. The lowest BCUT2D eigenvalue weighted by Crippen LogP contribution is -2.51. The highest BCUT2D eigenvalue weighted by atomic mass is 32.2. The molecule has 44 heavy (non-hydrogen) atoms. The third kappa shape index (κ3) is 9.63. The highest BCUT2D eigenvalue weighted by molar-refractivity contribution is 7.87. The number of rotatable bonds is 11. The number of likely N-dealkylation sites (N-methyl/N-ethyl adjacent to an activating group) is 1. The number of aromatic nitrogens is 1. The van der Waals surface area contributed by atoms with Crippen LogP contribution in [0.3, 0.4) is 0 Å². The van der Waals surface area contributed by atoms with Crippen molar-refractivity contribution in [2.45, 2.75) is 51.3 Å². The van der Waals surface area contributed by atoms with Gasteiger partial charge < -0.3 is 10.1 Å². The van der Waals surface area contributed by atoms with E-state index in [9.17, 15) is 18.0 Å². The summed E-state index contributed by atoms with van der Waals surface area (Å²) in [4.78, 5) is 33.3. The molecule has 232 valence electrons. The molecule has 0 fully saturated rings. The van der Waals surface area contributed by atoms with Gasteiger partial charge in [0, 0.05) is 24.4 Å². The average Bonchev–Trinajstić information content (AvgIpc) is 3.46. The molecule has 0 spiro atoms. The minimum atomic E-state index is -4.42. The van der Waals surface area contributed by atoms with E-state index < -0.39 is 34.1 Å². The van der Waals surface area contributed by atoms with Crippen molar-refractivity contribution in [2.75, 3.05) is 11.8 Å². The molecular formula is C32H36N4O6S2. The van der Waals surface area contributed by atoms with E-state index in [0.717, 1.165) is 22.4 Å². The van der Waals surface area contributed by atoms with Crippen LogP contribution < -0.4 is 10.0 Å². The second kappa shape index (κ2) is 14.0. The maximum Gasteiger partial charge on any atom is 0.410 e. The minimum Gasteiger partial charge on any atom is -0.444 e. The van der Waals surface area contributed by atoms with Gasteiger partial charge in [-0.1, -0.05) is 72.8 Å². The van der Waals surface area contributed by atoms with Crippen molar-refractivity contribution in [1.29, 1.82) is 0 Å². The van der Waals surface area contributed by atoms with E-state index in [4.69, 9.17) is 14.3 Å². The number of hydrogen-bond acceptors (Lipinski definition) is 7. The summed E-state index contributed by atoms with van der Waals surface area (Å²) in [7, 11) is -2.87. The highest BCUT2D eigenvalue weighted by Gasteiger charge is 2.32. The van der Waals surface area contributed by atoms with Crippen LogP contribution in [0.4, 0.5) is 10.5 Å².